The number of benzene rings is 1. The van der Waals surface area contributed by atoms with E-state index in [4.69, 9.17) is 22.1 Å². The summed E-state index contributed by atoms with van der Waals surface area (Å²) in [5, 5.41) is 29.5. The Balaban J connectivity index is 2.28. The number of aromatic hydroxyl groups is 1. The average molecular weight is 398 g/mol. The minimum absolute atomic E-state index is 0.0858. The van der Waals surface area contributed by atoms with Crippen LogP contribution in [0.4, 0.5) is 5.69 Å². The molecule has 1 heterocycles. The minimum atomic E-state index is -0.963. The Bertz CT molecular complexity index is 822. The van der Waals surface area contributed by atoms with Gasteiger partial charge in [-0.05, 0) is 24.1 Å². The third-order valence-corrected chi connectivity index (χ3v) is 4.82. The van der Waals surface area contributed by atoms with E-state index in [0.29, 0.717) is 0 Å². The molecular formula is C15H14N2O7S2. The Morgan fingerprint density at radius 2 is 2.19 bits per heavy atom. The van der Waals surface area contributed by atoms with Gasteiger partial charge in [0.2, 0.25) is 5.75 Å². The number of ether oxygens (including phenoxy) is 1. The average Bonchev–Trinajstić information content (AvgIpc) is 2.83. The fraction of sp³-hybridized carbons (Fsp3) is 0.267. The summed E-state index contributed by atoms with van der Waals surface area (Å²) in [7, 11) is 1.25. The molecule has 1 fully saturated rings. The van der Waals surface area contributed by atoms with Crippen LogP contribution in [0.1, 0.15) is 18.4 Å². The van der Waals surface area contributed by atoms with Crippen molar-refractivity contribution < 1.29 is 29.5 Å². The van der Waals surface area contributed by atoms with Gasteiger partial charge >= 0.3 is 11.7 Å². The third-order valence-electron chi connectivity index (χ3n) is 3.44. The van der Waals surface area contributed by atoms with Crippen LogP contribution in [0.3, 0.4) is 0 Å². The van der Waals surface area contributed by atoms with Crippen LogP contribution < -0.4 is 4.74 Å². The SMILES string of the molecule is COc1cc(/C=C2\SC(=S)N(CCCC(=O)O)C2=O)cc([N+](=O)[O-])c1O. The van der Waals surface area contributed by atoms with Crippen molar-refractivity contribution in [3.05, 3.63) is 32.7 Å². The van der Waals surface area contributed by atoms with Crippen molar-refractivity contribution >= 4 is 51.9 Å². The van der Waals surface area contributed by atoms with E-state index in [9.17, 15) is 24.8 Å². The summed E-state index contributed by atoms with van der Waals surface area (Å²) in [6, 6.07) is 2.48. The van der Waals surface area contributed by atoms with Crippen molar-refractivity contribution in [1.82, 2.24) is 4.90 Å². The Hall–Kier alpha value is -2.66. The minimum Gasteiger partial charge on any atom is -0.500 e. The van der Waals surface area contributed by atoms with E-state index in [1.165, 1.54) is 24.2 Å². The Morgan fingerprint density at radius 1 is 1.50 bits per heavy atom. The lowest BCUT2D eigenvalue weighted by molar-refractivity contribution is -0.386. The van der Waals surface area contributed by atoms with Crippen molar-refractivity contribution in [1.29, 1.82) is 0 Å². The zero-order valence-corrected chi connectivity index (χ0v) is 15.1. The Kier molecular flexibility index (Phi) is 6.16. The maximum Gasteiger partial charge on any atom is 0.315 e. The molecule has 1 aliphatic heterocycles. The number of phenolic OH excluding ortho intramolecular Hbond substituents is 1. The van der Waals surface area contributed by atoms with Crippen LogP contribution in [0.2, 0.25) is 0 Å². The first kappa shape index (κ1) is 19.7. The van der Waals surface area contributed by atoms with Crippen LogP contribution in [-0.4, -0.2) is 49.9 Å². The number of hydrogen-bond acceptors (Lipinski definition) is 8. The summed E-state index contributed by atoms with van der Waals surface area (Å²) in [6.07, 6.45) is 1.58. The van der Waals surface area contributed by atoms with Crippen LogP contribution in [0.5, 0.6) is 11.5 Å². The quantitative estimate of drug-likeness (QED) is 0.307. The van der Waals surface area contributed by atoms with E-state index in [2.05, 4.69) is 0 Å². The number of phenols is 1. The number of nitro benzene ring substituents is 1. The largest absolute Gasteiger partial charge is 0.500 e. The summed E-state index contributed by atoms with van der Waals surface area (Å²) in [5.74, 6) is -2.06. The number of thioether (sulfide) groups is 1. The molecule has 26 heavy (non-hydrogen) atoms. The molecule has 9 nitrogen and oxygen atoms in total. The van der Waals surface area contributed by atoms with Gasteiger partial charge in [0.05, 0.1) is 16.9 Å². The molecule has 2 N–H and O–H groups in total. The van der Waals surface area contributed by atoms with Gasteiger partial charge in [-0.25, -0.2) is 0 Å². The van der Waals surface area contributed by atoms with E-state index in [1.54, 1.807) is 0 Å². The van der Waals surface area contributed by atoms with Gasteiger partial charge in [-0.1, -0.05) is 24.0 Å². The number of amides is 1. The molecule has 0 radical (unpaired) electrons. The zero-order valence-electron chi connectivity index (χ0n) is 13.5. The van der Waals surface area contributed by atoms with Gasteiger partial charge in [-0.15, -0.1) is 0 Å². The van der Waals surface area contributed by atoms with Gasteiger partial charge in [0.25, 0.3) is 5.91 Å². The van der Waals surface area contributed by atoms with E-state index >= 15 is 0 Å². The number of hydrogen-bond donors (Lipinski definition) is 2. The first-order valence-corrected chi connectivity index (χ1v) is 8.49. The maximum absolute atomic E-state index is 12.4. The summed E-state index contributed by atoms with van der Waals surface area (Å²) < 4.78 is 5.20. The fourth-order valence-corrected chi connectivity index (χ4v) is 3.53. The second kappa shape index (κ2) is 8.15. The van der Waals surface area contributed by atoms with Crippen molar-refractivity contribution in [2.24, 2.45) is 0 Å². The monoisotopic (exact) mass is 398 g/mol. The molecule has 1 aromatic rings. The molecule has 138 valence electrons. The summed E-state index contributed by atoms with van der Waals surface area (Å²) >= 11 is 6.15. The Morgan fingerprint density at radius 3 is 2.77 bits per heavy atom. The number of nitrogens with zero attached hydrogens (tertiary/aromatic N) is 2. The molecule has 1 aliphatic rings. The molecule has 0 spiro atoms. The highest BCUT2D eigenvalue weighted by molar-refractivity contribution is 8.26. The van der Waals surface area contributed by atoms with Gasteiger partial charge in [-0.3, -0.25) is 24.6 Å². The topological polar surface area (TPSA) is 130 Å². The van der Waals surface area contributed by atoms with Crippen LogP contribution in [0, 0.1) is 10.1 Å². The fourth-order valence-electron chi connectivity index (χ4n) is 2.22. The van der Waals surface area contributed by atoms with Crippen molar-refractivity contribution in [2.45, 2.75) is 12.8 Å². The van der Waals surface area contributed by atoms with Crippen LogP contribution >= 0.6 is 24.0 Å². The summed E-state index contributed by atoms with van der Waals surface area (Å²) in [4.78, 5) is 34.8. The molecule has 11 heteroatoms. The molecule has 0 atom stereocenters. The normalized spacial score (nSPS) is 15.6. The van der Waals surface area contributed by atoms with Gasteiger partial charge < -0.3 is 14.9 Å². The predicted molar refractivity (Wildman–Crippen MR) is 98.1 cm³/mol. The second-order valence-electron chi connectivity index (χ2n) is 5.18. The molecule has 0 saturated carbocycles. The van der Waals surface area contributed by atoms with E-state index in [0.717, 1.165) is 17.8 Å². The van der Waals surface area contributed by atoms with Crippen molar-refractivity contribution in [3.8, 4) is 11.5 Å². The van der Waals surface area contributed by atoms with E-state index in [1.807, 2.05) is 0 Å². The lowest BCUT2D eigenvalue weighted by Gasteiger charge is -2.13. The number of carboxylic acids is 1. The molecule has 2 rings (SSSR count). The summed E-state index contributed by atoms with van der Waals surface area (Å²) in [6.45, 7) is 0.174. The van der Waals surface area contributed by atoms with Crippen LogP contribution in [-0.2, 0) is 9.59 Å². The Labute approximate surface area is 157 Å². The van der Waals surface area contributed by atoms with Gasteiger partial charge in [-0.2, -0.15) is 0 Å². The molecule has 1 aromatic carbocycles. The zero-order chi connectivity index (χ0) is 19.4. The van der Waals surface area contributed by atoms with Crippen LogP contribution in [0.25, 0.3) is 6.08 Å². The third kappa shape index (κ3) is 4.29. The predicted octanol–water partition coefficient (Wildman–Crippen LogP) is 2.38. The highest BCUT2D eigenvalue weighted by Gasteiger charge is 2.32. The molecule has 0 aromatic heterocycles. The van der Waals surface area contributed by atoms with Crippen molar-refractivity contribution in [3.63, 3.8) is 0 Å². The molecule has 0 bridgehead atoms. The number of rotatable bonds is 7. The molecular weight excluding hydrogens is 384 g/mol. The van der Waals surface area contributed by atoms with E-state index < -0.39 is 28.2 Å². The number of methoxy groups -OCH3 is 1. The van der Waals surface area contributed by atoms with Gasteiger partial charge in [0.15, 0.2) is 5.75 Å². The summed E-state index contributed by atoms with van der Waals surface area (Å²) in [5.41, 5.74) is -0.259. The number of aliphatic carboxylic acids is 1. The molecule has 1 saturated heterocycles. The van der Waals surface area contributed by atoms with Gasteiger partial charge in [0, 0.05) is 19.0 Å². The smallest absolute Gasteiger partial charge is 0.315 e. The molecule has 0 aliphatic carbocycles. The lowest BCUT2D eigenvalue weighted by atomic mass is 10.1. The van der Waals surface area contributed by atoms with Crippen LogP contribution in [0.15, 0.2) is 17.0 Å². The van der Waals surface area contributed by atoms with Crippen molar-refractivity contribution in [2.75, 3.05) is 13.7 Å². The van der Waals surface area contributed by atoms with Gasteiger partial charge in [0.1, 0.15) is 4.32 Å². The number of carbonyl (C=O) groups is 2. The first-order chi connectivity index (χ1) is 12.2. The number of carbonyl (C=O) groups excluding carboxylic acids is 1. The highest BCUT2D eigenvalue weighted by atomic mass is 32.2. The molecule has 1 amide bonds. The maximum atomic E-state index is 12.4. The lowest BCUT2D eigenvalue weighted by Crippen LogP contribution is -2.29. The first-order valence-electron chi connectivity index (χ1n) is 7.27. The molecule has 0 unspecified atom stereocenters. The standard InChI is InChI=1S/C15H14N2O7S2/c1-24-10-6-8(5-9(13(10)20)17(22)23)7-11-14(21)16(15(25)26-11)4-2-3-12(18)19/h5-7,20H,2-4H2,1H3,(H,18,19)/b11-7-. The second-order valence-corrected chi connectivity index (χ2v) is 6.85. The number of carboxylic acid groups (broad SMARTS) is 1. The number of nitro groups is 1. The number of thiocarbonyl (C=S) groups is 1. The van der Waals surface area contributed by atoms with E-state index in [-0.39, 0.29) is 39.9 Å². The highest BCUT2D eigenvalue weighted by Crippen LogP contribution is 2.39.